The van der Waals surface area contributed by atoms with Crippen LogP contribution in [0.2, 0.25) is 0 Å². The van der Waals surface area contributed by atoms with Crippen LogP contribution < -0.4 is 5.73 Å². The van der Waals surface area contributed by atoms with E-state index in [0.29, 0.717) is 18.0 Å². The van der Waals surface area contributed by atoms with Crippen molar-refractivity contribution >= 4 is 39.7 Å². The van der Waals surface area contributed by atoms with Gasteiger partial charge in [-0.3, -0.25) is 4.79 Å². The minimum atomic E-state index is -0.270. The molecule has 6 heteroatoms. The largest absolute Gasteiger partial charge is 0.338 e. The lowest BCUT2D eigenvalue weighted by molar-refractivity contribution is 0.0720. The summed E-state index contributed by atoms with van der Waals surface area (Å²) in [7, 11) is 0. The van der Waals surface area contributed by atoms with Crippen molar-refractivity contribution in [3.8, 4) is 0 Å². The predicted octanol–water partition coefficient (Wildman–Crippen LogP) is 3.03. The van der Waals surface area contributed by atoms with Crippen molar-refractivity contribution in [1.82, 2.24) is 4.90 Å². The fraction of sp³-hybridized carbons (Fsp3) is 0.357. The second-order valence-electron chi connectivity index (χ2n) is 4.92. The highest BCUT2D eigenvalue weighted by Gasteiger charge is 2.22. The Balaban J connectivity index is 0.00000147. The number of nitrogens with two attached hydrogens (primary N) is 1. The number of benzene rings is 1. The molecule has 0 atom stereocenters. The average molecular weight is 315 g/mol. The van der Waals surface area contributed by atoms with Gasteiger partial charge in [-0.1, -0.05) is 0 Å². The Hall–Kier alpha value is -1.17. The summed E-state index contributed by atoms with van der Waals surface area (Å²) in [5, 5.41) is 0.794. The molecule has 0 spiro atoms. The summed E-state index contributed by atoms with van der Waals surface area (Å²) in [6, 6.07) is 6.60. The van der Waals surface area contributed by atoms with Gasteiger partial charge in [-0.2, -0.15) is 0 Å². The summed E-state index contributed by atoms with van der Waals surface area (Å²) < 4.78 is 14.1. The first kappa shape index (κ1) is 15.2. The third-order valence-electron chi connectivity index (χ3n) is 3.52. The van der Waals surface area contributed by atoms with Gasteiger partial charge >= 0.3 is 0 Å². The number of nitrogens with zero attached hydrogens (tertiary/aromatic N) is 1. The van der Waals surface area contributed by atoms with Crippen LogP contribution >= 0.6 is 23.7 Å². The number of hydrogen-bond donors (Lipinski definition) is 1. The highest BCUT2D eigenvalue weighted by atomic mass is 35.5. The van der Waals surface area contributed by atoms with Crippen molar-refractivity contribution in [2.75, 3.05) is 13.1 Å². The Morgan fingerprint density at radius 1 is 1.30 bits per heavy atom. The molecule has 2 aromatic rings. The predicted molar refractivity (Wildman–Crippen MR) is 82.1 cm³/mol. The molecular weight excluding hydrogens is 299 g/mol. The molecule has 20 heavy (non-hydrogen) atoms. The van der Waals surface area contributed by atoms with Crippen LogP contribution in [0.25, 0.3) is 10.1 Å². The highest BCUT2D eigenvalue weighted by Crippen LogP contribution is 2.27. The van der Waals surface area contributed by atoms with Gasteiger partial charge in [0.25, 0.3) is 5.91 Å². The molecule has 2 N–H and O–H groups in total. The van der Waals surface area contributed by atoms with Crippen LogP contribution in [0.1, 0.15) is 22.5 Å². The molecule has 1 saturated heterocycles. The number of fused-ring (bicyclic) bond motifs is 1. The minimum Gasteiger partial charge on any atom is -0.338 e. The Labute approximate surface area is 127 Å². The van der Waals surface area contributed by atoms with E-state index in [1.165, 1.54) is 23.5 Å². The normalized spacial score (nSPS) is 16.2. The van der Waals surface area contributed by atoms with Crippen molar-refractivity contribution < 1.29 is 9.18 Å². The number of halogens is 2. The molecule has 0 bridgehead atoms. The number of thiophene rings is 1. The zero-order chi connectivity index (χ0) is 13.4. The summed E-state index contributed by atoms with van der Waals surface area (Å²) in [6.45, 7) is 1.42. The number of carbonyl (C=O) groups excluding carboxylic acids is 1. The molecule has 0 saturated carbocycles. The summed E-state index contributed by atoms with van der Waals surface area (Å²) in [6.07, 6.45) is 1.70. The SMILES string of the molecule is Cl.NC1CCN(C(=O)c2cc3cc(F)ccc3s2)CC1. The van der Waals surface area contributed by atoms with Gasteiger partial charge in [-0.15, -0.1) is 23.7 Å². The molecule has 1 aliphatic rings. The first-order valence-corrected chi connectivity index (χ1v) is 7.19. The van der Waals surface area contributed by atoms with E-state index in [4.69, 9.17) is 5.73 Å². The van der Waals surface area contributed by atoms with E-state index < -0.39 is 0 Å². The molecule has 1 aromatic heterocycles. The zero-order valence-electron chi connectivity index (χ0n) is 10.8. The summed E-state index contributed by atoms with van der Waals surface area (Å²) in [4.78, 5) is 14.9. The molecule has 0 unspecified atom stereocenters. The van der Waals surface area contributed by atoms with Gasteiger partial charge in [0.1, 0.15) is 5.82 Å². The molecule has 108 valence electrons. The van der Waals surface area contributed by atoms with E-state index in [1.54, 1.807) is 12.1 Å². The molecule has 3 rings (SSSR count). The maximum absolute atomic E-state index is 13.1. The quantitative estimate of drug-likeness (QED) is 0.879. The van der Waals surface area contributed by atoms with E-state index in [9.17, 15) is 9.18 Å². The summed E-state index contributed by atoms with van der Waals surface area (Å²) >= 11 is 1.42. The van der Waals surface area contributed by atoms with Gasteiger partial charge in [0.15, 0.2) is 0 Å². The first-order chi connectivity index (χ1) is 9.13. The Bertz CT molecular complexity index is 623. The van der Waals surface area contributed by atoms with E-state index in [0.717, 1.165) is 22.9 Å². The van der Waals surface area contributed by atoms with Crippen LogP contribution in [0, 0.1) is 5.82 Å². The van der Waals surface area contributed by atoms with Crippen LogP contribution in [0.5, 0.6) is 0 Å². The Morgan fingerprint density at radius 3 is 2.70 bits per heavy atom. The van der Waals surface area contributed by atoms with E-state index in [1.807, 2.05) is 4.90 Å². The lowest BCUT2D eigenvalue weighted by Gasteiger charge is -2.29. The fourth-order valence-corrected chi connectivity index (χ4v) is 3.39. The highest BCUT2D eigenvalue weighted by molar-refractivity contribution is 7.20. The maximum atomic E-state index is 13.1. The molecule has 0 aliphatic carbocycles. The second-order valence-corrected chi connectivity index (χ2v) is 6.01. The second kappa shape index (κ2) is 6.08. The van der Waals surface area contributed by atoms with E-state index in [2.05, 4.69) is 0 Å². The molecule has 1 fully saturated rings. The molecule has 0 radical (unpaired) electrons. The molecule has 1 aliphatic heterocycles. The van der Waals surface area contributed by atoms with Crippen molar-refractivity contribution in [1.29, 1.82) is 0 Å². The van der Waals surface area contributed by atoms with Crippen LogP contribution in [0.4, 0.5) is 4.39 Å². The van der Waals surface area contributed by atoms with E-state index in [-0.39, 0.29) is 30.2 Å². The number of amides is 1. The monoisotopic (exact) mass is 314 g/mol. The number of likely N-dealkylation sites (tertiary alicyclic amines) is 1. The van der Waals surface area contributed by atoms with Gasteiger partial charge < -0.3 is 10.6 Å². The molecule has 2 heterocycles. The van der Waals surface area contributed by atoms with Crippen LogP contribution in [-0.4, -0.2) is 29.9 Å². The Morgan fingerprint density at radius 2 is 2.00 bits per heavy atom. The molecule has 1 amide bonds. The number of piperidine rings is 1. The van der Waals surface area contributed by atoms with Crippen molar-refractivity contribution in [2.24, 2.45) is 5.73 Å². The lowest BCUT2D eigenvalue weighted by atomic mass is 10.1. The smallest absolute Gasteiger partial charge is 0.263 e. The minimum absolute atomic E-state index is 0. The Kier molecular flexibility index (Phi) is 4.62. The molecule has 3 nitrogen and oxygen atoms in total. The van der Waals surface area contributed by atoms with Crippen LogP contribution in [-0.2, 0) is 0 Å². The number of carbonyl (C=O) groups is 1. The van der Waals surface area contributed by atoms with Crippen molar-refractivity contribution in [2.45, 2.75) is 18.9 Å². The van der Waals surface area contributed by atoms with Gasteiger partial charge in [0.05, 0.1) is 4.88 Å². The third-order valence-corrected chi connectivity index (χ3v) is 4.62. The van der Waals surface area contributed by atoms with Crippen molar-refractivity contribution in [3.05, 3.63) is 35.0 Å². The topological polar surface area (TPSA) is 46.3 Å². The standard InChI is InChI=1S/C14H15FN2OS.ClH/c15-10-1-2-12-9(7-10)8-13(19-12)14(18)17-5-3-11(16)4-6-17;/h1-2,7-8,11H,3-6,16H2;1H. The first-order valence-electron chi connectivity index (χ1n) is 6.37. The number of rotatable bonds is 1. The lowest BCUT2D eigenvalue weighted by Crippen LogP contribution is -2.42. The zero-order valence-corrected chi connectivity index (χ0v) is 12.5. The van der Waals surface area contributed by atoms with Gasteiger partial charge in [-0.05, 0) is 42.5 Å². The summed E-state index contributed by atoms with van der Waals surface area (Å²) in [5.74, 6) is -0.234. The maximum Gasteiger partial charge on any atom is 0.263 e. The number of hydrogen-bond acceptors (Lipinski definition) is 3. The van der Waals surface area contributed by atoms with Crippen LogP contribution in [0.15, 0.2) is 24.3 Å². The van der Waals surface area contributed by atoms with Gasteiger partial charge in [0, 0.05) is 23.8 Å². The fourth-order valence-electron chi connectivity index (χ4n) is 2.38. The summed E-state index contributed by atoms with van der Waals surface area (Å²) in [5.41, 5.74) is 5.84. The molecule has 1 aromatic carbocycles. The molecular formula is C14H16ClFN2OS. The van der Waals surface area contributed by atoms with Gasteiger partial charge in [-0.25, -0.2) is 4.39 Å². The van der Waals surface area contributed by atoms with Crippen LogP contribution in [0.3, 0.4) is 0 Å². The average Bonchev–Trinajstić information content (AvgIpc) is 2.81. The van der Waals surface area contributed by atoms with Gasteiger partial charge in [0.2, 0.25) is 0 Å². The van der Waals surface area contributed by atoms with E-state index >= 15 is 0 Å². The van der Waals surface area contributed by atoms with Crippen molar-refractivity contribution in [3.63, 3.8) is 0 Å². The third kappa shape index (κ3) is 2.95.